The average Bonchev–Trinajstić information content (AvgIpc) is 3.25. The third kappa shape index (κ3) is 15.1. The highest BCUT2D eigenvalue weighted by molar-refractivity contribution is 5.91. The van der Waals surface area contributed by atoms with E-state index in [1.807, 2.05) is 129 Å². The topological polar surface area (TPSA) is 182 Å². The molecule has 1 aliphatic rings. The third-order valence-electron chi connectivity index (χ3n) is 9.99. The molecule has 1 saturated heterocycles. The largest absolute Gasteiger partial charge is 0.489 e. The van der Waals surface area contributed by atoms with Crippen molar-refractivity contribution < 1.29 is 42.9 Å². The Kier molecular flexibility index (Phi) is 17.2. The molecule has 4 atom stereocenters. The molecule has 0 bridgehead atoms. The lowest BCUT2D eigenvalue weighted by Crippen LogP contribution is -2.70. The lowest BCUT2D eigenvalue weighted by Gasteiger charge is -2.44. The Balaban J connectivity index is 1.14. The van der Waals surface area contributed by atoms with E-state index in [9.17, 15) is 24.0 Å². The molecule has 14 nitrogen and oxygen atoms in total. The highest BCUT2D eigenvalue weighted by Gasteiger charge is 2.42. The van der Waals surface area contributed by atoms with Crippen LogP contribution in [0.1, 0.15) is 56.4 Å². The molecule has 5 N–H and O–H groups in total. The number of carbonyl (C=O) groups is 5. The van der Waals surface area contributed by atoms with Crippen molar-refractivity contribution in [2.24, 2.45) is 5.92 Å². The summed E-state index contributed by atoms with van der Waals surface area (Å²) in [6.45, 7) is 8.05. The molecule has 61 heavy (non-hydrogen) atoms. The Hall–Kier alpha value is -6.25. The minimum Gasteiger partial charge on any atom is -0.489 e. The van der Waals surface area contributed by atoms with Crippen LogP contribution in [0.2, 0.25) is 0 Å². The first-order valence-corrected chi connectivity index (χ1v) is 20.6. The number of esters is 1. The van der Waals surface area contributed by atoms with E-state index >= 15 is 0 Å². The summed E-state index contributed by atoms with van der Waals surface area (Å²) in [7, 11) is 0. The maximum Gasteiger partial charge on any atom is 0.408 e. The smallest absolute Gasteiger partial charge is 0.408 e. The summed E-state index contributed by atoms with van der Waals surface area (Å²) in [6, 6.07) is 31.9. The van der Waals surface area contributed by atoms with Crippen molar-refractivity contribution in [1.82, 2.24) is 26.6 Å². The van der Waals surface area contributed by atoms with Crippen molar-refractivity contribution in [3.63, 3.8) is 0 Å². The van der Waals surface area contributed by atoms with E-state index < -0.39 is 59.5 Å². The van der Waals surface area contributed by atoms with Crippen LogP contribution in [-0.2, 0) is 59.6 Å². The summed E-state index contributed by atoms with van der Waals surface area (Å²) in [6.07, 6.45) is -0.249. The van der Waals surface area contributed by atoms with E-state index in [1.165, 1.54) is 0 Å². The summed E-state index contributed by atoms with van der Waals surface area (Å²) >= 11 is 0. The SMILES string of the molecule is CC(C)C[C@H](NC(=O)OCc1ccccc1)C(=O)N[C@@H](C)C(=O)NCC1(N[C@@H](C)C(=O)N[C@@H](Cc2ccc(OCc3ccccc3)cc2)C(=O)OCc2ccccc2)COC1. The zero-order chi connectivity index (χ0) is 43.6. The molecule has 0 saturated carbocycles. The second kappa shape index (κ2) is 22.9. The molecule has 324 valence electrons. The molecule has 0 spiro atoms. The average molecular weight is 836 g/mol. The lowest BCUT2D eigenvalue weighted by atomic mass is 9.95. The summed E-state index contributed by atoms with van der Waals surface area (Å²) in [4.78, 5) is 66.3. The minimum atomic E-state index is -1.01. The van der Waals surface area contributed by atoms with Gasteiger partial charge in [0.15, 0.2) is 0 Å². The fourth-order valence-electron chi connectivity index (χ4n) is 6.53. The van der Waals surface area contributed by atoms with Gasteiger partial charge in [-0.05, 0) is 60.6 Å². The number of benzene rings is 4. The predicted molar refractivity (Wildman–Crippen MR) is 229 cm³/mol. The van der Waals surface area contributed by atoms with Gasteiger partial charge in [0.05, 0.1) is 24.8 Å². The van der Waals surface area contributed by atoms with Gasteiger partial charge in [-0.2, -0.15) is 0 Å². The van der Waals surface area contributed by atoms with Gasteiger partial charge in [0, 0.05) is 13.0 Å². The van der Waals surface area contributed by atoms with Crippen LogP contribution in [0.3, 0.4) is 0 Å². The fraction of sp³-hybridized carbons (Fsp3) is 0.383. The summed E-state index contributed by atoms with van der Waals surface area (Å²) in [5.41, 5.74) is 2.65. The summed E-state index contributed by atoms with van der Waals surface area (Å²) in [5.74, 6) is -1.31. The molecule has 1 fully saturated rings. The Morgan fingerprint density at radius 2 is 1.15 bits per heavy atom. The molecule has 0 aliphatic carbocycles. The number of amides is 4. The van der Waals surface area contributed by atoms with Crippen LogP contribution in [0.4, 0.5) is 4.79 Å². The van der Waals surface area contributed by atoms with Crippen LogP contribution in [-0.4, -0.2) is 79.2 Å². The molecule has 0 unspecified atom stereocenters. The molecular weight excluding hydrogens is 779 g/mol. The number of rotatable bonds is 22. The maximum atomic E-state index is 13.7. The number of carbonyl (C=O) groups excluding carboxylic acids is 5. The van der Waals surface area contributed by atoms with Gasteiger partial charge in [0.25, 0.3) is 0 Å². The van der Waals surface area contributed by atoms with Crippen molar-refractivity contribution in [2.75, 3.05) is 19.8 Å². The molecular formula is C47H57N5O9. The molecule has 4 amide bonds. The summed E-state index contributed by atoms with van der Waals surface area (Å²) in [5, 5.41) is 14.3. The third-order valence-corrected chi connectivity index (χ3v) is 9.99. The fourth-order valence-corrected chi connectivity index (χ4v) is 6.53. The van der Waals surface area contributed by atoms with Crippen LogP contribution in [0.25, 0.3) is 0 Å². The zero-order valence-corrected chi connectivity index (χ0v) is 35.2. The van der Waals surface area contributed by atoms with E-state index in [0.29, 0.717) is 18.8 Å². The second-order valence-corrected chi connectivity index (χ2v) is 15.8. The van der Waals surface area contributed by atoms with Gasteiger partial charge in [0.2, 0.25) is 17.7 Å². The van der Waals surface area contributed by atoms with E-state index in [0.717, 1.165) is 22.3 Å². The zero-order valence-electron chi connectivity index (χ0n) is 35.2. The van der Waals surface area contributed by atoms with Crippen LogP contribution >= 0.6 is 0 Å². The molecule has 0 radical (unpaired) electrons. The molecule has 0 aromatic heterocycles. The minimum absolute atomic E-state index is 0.0430. The number of hydrogen-bond donors (Lipinski definition) is 5. The van der Waals surface area contributed by atoms with Crippen molar-refractivity contribution >= 4 is 29.8 Å². The van der Waals surface area contributed by atoms with Gasteiger partial charge in [0.1, 0.15) is 43.7 Å². The first kappa shape index (κ1) is 45.8. The van der Waals surface area contributed by atoms with Gasteiger partial charge in [-0.25, -0.2) is 9.59 Å². The molecule has 5 rings (SSSR count). The normalized spacial score (nSPS) is 14.8. The molecule has 1 heterocycles. The molecule has 4 aromatic rings. The number of alkyl carbamates (subject to hydrolysis) is 1. The maximum absolute atomic E-state index is 13.7. The number of ether oxygens (including phenoxy) is 4. The predicted octanol–water partition coefficient (Wildman–Crippen LogP) is 4.75. The van der Waals surface area contributed by atoms with Gasteiger partial charge in [-0.15, -0.1) is 0 Å². The van der Waals surface area contributed by atoms with Crippen LogP contribution in [0.15, 0.2) is 115 Å². The van der Waals surface area contributed by atoms with Gasteiger partial charge < -0.3 is 40.2 Å². The molecule has 4 aromatic carbocycles. The number of nitrogens with one attached hydrogen (secondary N) is 5. The van der Waals surface area contributed by atoms with Gasteiger partial charge >= 0.3 is 12.1 Å². The van der Waals surface area contributed by atoms with E-state index in [2.05, 4.69) is 26.6 Å². The van der Waals surface area contributed by atoms with Crippen molar-refractivity contribution in [3.05, 3.63) is 138 Å². The van der Waals surface area contributed by atoms with E-state index in [4.69, 9.17) is 18.9 Å². The van der Waals surface area contributed by atoms with Crippen LogP contribution in [0.5, 0.6) is 5.75 Å². The Bertz CT molecular complexity index is 2010. The quantitative estimate of drug-likeness (QED) is 0.0694. The standard InChI is InChI=1S/C47H57N5O9/c1-32(2)24-40(51-46(57)61-28-38-18-12-7-13-19-38)44(55)49-33(3)42(53)48-29-47(30-58-31-47)52-34(4)43(54)50-41(45(56)60-27-37-16-10-6-11-17-37)25-35-20-22-39(23-21-35)59-26-36-14-8-5-9-15-36/h5-23,32-34,40-41,52H,24-31H2,1-4H3,(H,48,53)(H,49,55)(H,50,54)(H,51,57)/t33-,34-,40-,41-/m0/s1. The Morgan fingerprint density at radius 3 is 1.69 bits per heavy atom. The van der Waals surface area contributed by atoms with Crippen molar-refractivity contribution in [2.45, 2.75) is 90.1 Å². The molecule has 1 aliphatic heterocycles. The number of hydrogen-bond acceptors (Lipinski definition) is 10. The first-order chi connectivity index (χ1) is 29.4. The van der Waals surface area contributed by atoms with Crippen LogP contribution < -0.4 is 31.3 Å². The first-order valence-electron chi connectivity index (χ1n) is 20.6. The highest BCUT2D eigenvalue weighted by Crippen LogP contribution is 2.19. The second-order valence-electron chi connectivity index (χ2n) is 15.8. The highest BCUT2D eigenvalue weighted by atomic mass is 16.5. The Morgan fingerprint density at radius 1 is 0.590 bits per heavy atom. The van der Waals surface area contributed by atoms with Gasteiger partial charge in [-0.3, -0.25) is 19.7 Å². The van der Waals surface area contributed by atoms with Gasteiger partial charge in [-0.1, -0.05) is 117 Å². The lowest BCUT2D eigenvalue weighted by molar-refractivity contribution is -0.149. The molecule has 14 heteroatoms. The summed E-state index contributed by atoms with van der Waals surface area (Å²) < 4.78 is 22.4. The van der Waals surface area contributed by atoms with Crippen LogP contribution in [0, 0.1) is 5.92 Å². The van der Waals surface area contributed by atoms with E-state index in [1.54, 1.807) is 13.8 Å². The Labute approximate surface area is 357 Å². The van der Waals surface area contributed by atoms with E-state index in [-0.39, 0.29) is 45.3 Å². The van der Waals surface area contributed by atoms with Crippen molar-refractivity contribution in [3.8, 4) is 5.75 Å². The monoisotopic (exact) mass is 835 g/mol. The van der Waals surface area contributed by atoms with Crippen molar-refractivity contribution in [1.29, 1.82) is 0 Å².